The van der Waals surface area contributed by atoms with E-state index in [2.05, 4.69) is 65.5 Å². The number of hydrogen-bond acceptors (Lipinski definition) is 3. The topological polar surface area (TPSA) is 55.7 Å². The lowest BCUT2D eigenvalue weighted by molar-refractivity contribution is 0.194. The first-order valence-electron chi connectivity index (χ1n) is 11.2. The van der Waals surface area contributed by atoms with E-state index >= 15 is 0 Å². The van der Waals surface area contributed by atoms with Gasteiger partial charge >= 0.3 is 6.03 Å². The number of benzene rings is 3. The van der Waals surface area contributed by atoms with Gasteiger partial charge in [-0.1, -0.05) is 48.0 Å². The molecule has 0 radical (unpaired) electrons. The highest BCUT2D eigenvalue weighted by molar-refractivity contribution is 5.92. The number of aryl methyl sites for hydroxylation is 1. The van der Waals surface area contributed by atoms with Crippen LogP contribution in [-0.2, 0) is 6.54 Å². The number of carbonyl (C=O) groups is 1. The Bertz CT molecular complexity index is 1330. The minimum atomic E-state index is -0.271. The molecule has 6 nitrogen and oxygen atoms in total. The Hall–Kier alpha value is -4.19. The fraction of sp³-hybridized carbons (Fsp3) is 0.179. The monoisotopic (exact) mass is 453 g/mol. The normalized spacial score (nSPS) is 14.6. The molecule has 34 heavy (non-hydrogen) atoms. The van der Waals surface area contributed by atoms with Crippen LogP contribution >= 0.6 is 0 Å². The highest BCUT2D eigenvalue weighted by atomic mass is 16.5. The number of anilines is 1. The molecule has 2 heterocycles. The van der Waals surface area contributed by atoms with Gasteiger partial charge in [0.15, 0.2) is 0 Å². The molecule has 1 atom stereocenters. The molecule has 3 aromatic carbocycles. The molecule has 1 aliphatic rings. The molecule has 4 aromatic rings. The number of fused-ring (bicyclic) bond motifs is 3. The number of nitrogens with zero attached hydrogens (tertiary/aromatic N) is 2. The smallest absolute Gasteiger partial charge is 0.323 e. The number of methoxy groups -OCH3 is 2. The molecule has 172 valence electrons. The van der Waals surface area contributed by atoms with E-state index in [0.717, 1.165) is 22.5 Å². The van der Waals surface area contributed by atoms with Gasteiger partial charge in [-0.2, -0.15) is 0 Å². The van der Waals surface area contributed by atoms with Crippen LogP contribution < -0.4 is 14.8 Å². The van der Waals surface area contributed by atoms with Gasteiger partial charge in [0.25, 0.3) is 0 Å². The molecule has 0 saturated carbocycles. The zero-order valence-electron chi connectivity index (χ0n) is 19.5. The van der Waals surface area contributed by atoms with E-state index in [9.17, 15) is 4.79 Å². The minimum Gasteiger partial charge on any atom is -0.497 e. The van der Waals surface area contributed by atoms with Gasteiger partial charge in [0.1, 0.15) is 11.5 Å². The number of aromatic nitrogens is 1. The molecule has 0 saturated heterocycles. The number of rotatable bonds is 4. The summed E-state index contributed by atoms with van der Waals surface area (Å²) in [5.74, 6) is 1.20. The maximum Gasteiger partial charge on any atom is 0.323 e. The minimum absolute atomic E-state index is 0.210. The van der Waals surface area contributed by atoms with Crippen molar-refractivity contribution in [2.24, 2.45) is 0 Å². The van der Waals surface area contributed by atoms with Crippen molar-refractivity contribution < 1.29 is 14.3 Å². The fourth-order valence-corrected chi connectivity index (χ4v) is 4.53. The SMILES string of the molecule is COc1ccc(NC(=O)N2Cc3ccccc3-n3cccc3[C@H]2c2ccc(C)cc2)c(OC)c1. The fourth-order valence-electron chi connectivity index (χ4n) is 4.53. The maximum atomic E-state index is 13.9. The van der Waals surface area contributed by atoms with Crippen molar-refractivity contribution in [3.05, 3.63) is 107 Å². The Morgan fingerprint density at radius 2 is 1.74 bits per heavy atom. The third-order valence-electron chi connectivity index (χ3n) is 6.27. The van der Waals surface area contributed by atoms with E-state index in [1.807, 2.05) is 23.1 Å². The molecule has 0 unspecified atom stereocenters. The molecule has 0 aliphatic carbocycles. The number of carbonyl (C=O) groups excluding carboxylic acids is 1. The molecular formula is C28H27N3O3. The zero-order chi connectivity index (χ0) is 23.7. The van der Waals surface area contributed by atoms with E-state index in [0.29, 0.717) is 23.7 Å². The van der Waals surface area contributed by atoms with Crippen molar-refractivity contribution in [1.82, 2.24) is 9.47 Å². The predicted molar refractivity (Wildman–Crippen MR) is 133 cm³/mol. The summed E-state index contributed by atoms with van der Waals surface area (Å²) < 4.78 is 13.0. The van der Waals surface area contributed by atoms with Crippen LogP contribution in [0.2, 0.25) is 0 Å². The van der Waals surface area contributed by atoms with Crippen LogP contribution in [0.5, 0.6) is 11.5 Å². The van der Waals surface area contributed by atoms with Crippen LogP contribution in [0.4, 0.5) is 10.5 Å². The summed E-state index contributed by atoms with van der Waals surface area (Å²) in [6.45, 7) is 2.52. The summed E-state index contributed by atoms with van der Waals surface area (Å²) in [5, 5.41) is 3.07. The molecule has 0 spiro atoms. The lowest BCUT2D eigenvalue weighted by Gasteiger charge is -2.31. The molecule has 0 bridgehead atoms. The van der Waals surface area contributed by atoms with Crippen LogP contribution in [0.15, 0.2) is 85.1 Å². The van der Waals surface area contributed by atoms with E-state index in [4.69, 9.17) is 9.47 Å². The Kier molecular flexibility index (Phi) is 5.72. The van der Waals surface area contributed by atoms with Gasteiger partial charge in [-0.3, -0.25) is 0 Å². The molecule has 1 aromatic heterocycles. The summed E-state index contributed by atoms with van der Waals surface area (Å²) in [7, 11) is 3.18. The largest absolute Gasteiger partial charge is 0.497 e. The van der Waals surface area contributed by atoms with Gasteiger partial charge in [0.2, 0.25) is 0 Å². The second-order valence-corrected chi connectivity index (χ2v) is 8.37. The van der Waals surface area contributed by atoms with Crippen molar-refractivity contribution in [2.75, 3.05) is 19.5 Å². The first-order valence-corrected chi connectivity index (χ1v) is 11.2. The average Bonchev–Trinajstić information content (AvgIpc) is 3.29. The second kappa shape index (κ2) is 8.98. The third-order valence-corrected chi connectivity index (χ3v) is 6.27. The summed E-state index contributed by atoms with van der Waals surface area (Å²) in [4.78, 5) is 15.7. The summed E-state index contributed by atoms with van der Waals surface area (Å²) in [5.41, 5.74) is 6.00. The Balaban J connectivity index is 1.60. The van der Waals surface area contributed by atoms with Gasteiger partial charge in [-0.15, -0.1) is 0 Å². The standard InChI is InChI=1S/C28H27N3O3/c1-19-10-12-20(13-11-19)27-25-9-6-16-30(25)24-8-5-4-7-21(24)18-31(27)28(32)29-23-15-14-22(33-2)17-26(23)34-3/h4-17,27H,18H2,1-3H3,(H,29,32)/t27-/m1/s1. The predicted octanol–water partition coefficient (Wildman–Crippen LogP) is 5.94. The average molecular weight is 454 g/mol. The van der Waals surface area contributed by atoms with Gasteiger partial charge in [0.05, 0.1) is 38.2 Å². The Morgan fingerprint density at radius 3 is 2.50 bits per heavy atom. The molecule has 2 amide bonds. The molecular weight excluding hydrogens is 426 g/mol. The number of para-hydroxylation sites is 1. The number of nitrogens with one attached hydrogen (secondary N) is 1. The third kappa shape index (κ3) is 3.88. The number of amides is 2. The Morgan fingerprint density at radius 1 is 0.941 bits per heavy atom. The maximum absolute atomic E-state index is 13.9. The van der Waals surface area contributed by atoms with E-state index in [1.165, 1.54) is 5.56 Å². The lowest BCUT2D eigenvalue weighted by Crippen LogP contribution is -2.38. The van der Waals surface area contributed by atoms with Gasteiger partial charge in [-0.25, -0.2) is 4.79 Å². The molecule has 1 aliphatic heterocycles. The van der Waals surface area contributed by atoms with Crippen molar-refractivity contribution in [3.8, 4) is 17.2 Å². The first kappa shape index (κ1) is 21.6. The van der Waals surface area contributed by atoms with Crippen molar-refractivity contribution in [3.63, 3.8) is 0 Å². The van der Waals surface area contributed by atoms with E-state index in [-0.39, 0.29) is 12.1 Å². The molecule has 0 fully saturated rings. The molecule has 1 N–H and O–H groups in total. The van der Waals surface area contributed by atoms with Crippen molar-refractivity contribution >= 4 is 11.7 Å². The van der Waals surface area contributed by atoms with Crippen molar-refractivity contribution in [1.29, 1.82) is 0 Å². The van der Waals surface area contributed by atoms with Crippen LogP contribution in [0.3, 0.4) is 0 Å². The van der Waals surface area contributed by atoms with Crippen molar-refractivity contribution in [2.45, 2.75) is 19.5 Å². The van der Waals surface area contributed by atoms with Gasteiger partial charge in [0, 0.05) is 18.0 Å². The van der Waals surface area contributed by atoms with E-state index in [1.54, 1.807) is 32.4 Å². The number of urea groups is 1. The van der Waals surface area contributed by atoms with Crippen LogP contribution in [0, 0.1) is 6.92 Å². The summed E-state index contributed by atoms with van der Waals surface area (Å²) >= 11 is 0. The highest BCUT2D eigenvalue weighted by Gasteiger charge is 2.33. The van der Waals surface area contributed by atoms with Crippen LogP contribution in [0.1, 0.15) is 28.4 Å². The second-order valence-electron chi connectivity index (χ2n) is 8.37. The quantitative estimate of drug-likeness (QED) is 0.416. The zero-order valence-corrected chi connectivity index (χ0v) is 19.5. The van der Waals surface area contributed by atoms with Crippen LogP contribution in [0.25, 0.3) is 5.69 Å². The number of ether oxygens (including phenoxy) is 2. The summed E-state index contributed by atoms with van der Waals surface area (Å²) in [6.07, 6.45) is 2.06. The lowest BCUT2D eigenvalue weighted by atomic mass is 10.0. The van der Waals surface area contributed by atoms with Gasteiger partial charge < -0.3 is 24.3 Å². The molecule has 6 heteroatoms. The molecule has 5 rings (SSSR count). The summed E-state index contributed by atoms with van der Waals surface area (Å²) in [6, 6.07) is 25.6. The first-order chi connectivity index (χ1) is 16.6. The Labute approximate surface area is 199 Å². The van der Waals surface area contributed by atoms with Gasteiger partial charge in [-0.05, 0) is 48.4 Å². The van der Waals surface area contributed by atoms with E-state index < -0.39 is 0 Å². The highest BCUT2D eigenvalue weighted by Crippen LogP contribution is 2.38. The number of hydrogen-bond donors (Lipinski definition) is 1. The van der Waals surface area contributed by atoms with Crippen LogP contribution in [-0.4, -0.2) is 29.7 Å².